The molecule has 4 nitrogen and oxygen atoms in total. The summed E-state index contributed by atoms with van der Waals surface area (Å²) in [5, 5.41) is 4.23. The summed E-state index contributed by atoms with van der Waals surface area (Å²) in [5.41, 5.74) is 8.33. The molecule has 1 amide bonds. The van der Waals surface area contributed by atoms with Gasteiger partial charge in [0.15, 0.2) is 0 Å². The van der Waals surface area contributed by atoms with E-state index in [1.807, 2.05) is 68.7 Å². The number of aromatic amines is 1. The molecule has 0 radical (unpaired) electrons. The number of anilines is 1. The molecule has 4 heteroatoms. The van der Waals surface area contributed by atoms with Gasteiger partial charge in [0.05, 0.1) is 5.92 Å². The van der Waals surface area contributed by atoms with Crippen molar-refractivity contribution >= 4 is 22.5 Å². The van der Waals surface area contributed by atoms with Crippen molar-refractivity contribution in [1.82, 2.24) is 9.97 Å². The second-order valence-corrected chi connectivity index (χ2v) is 8.38. The van der Waals surface area contributed by atoms with Crippen molar-refractivity contribution < 1.29 is 4.79 Å². The molecular weight excluding hydrogens is 406 g/mol. The van der Waals surface area contributed by atoms with Crippen molar-refractivity contribution in [1.29, 1.82) is 0 Å². The number of hydrogen-bond acceptors (Lipinski definition) is 2. The largest absolute Gasteiger partial charge is 0.361 e. The van der Waals surface area contributed by atoms with Crippen LogP contribution < -0.4 is 5.32 Å². The van der Waals surface area contributed by atoms with Crippen LogP contribution in [0.1, 0.15) is 24.1 Å². The summed E-state index contributed by atoms with van der Waals surface area (Å²) in [6.07, 6.45) is 3.76. The van der Waals surface area contributed by atoms with Crippen molar-refractivity contribution in [2.45, 2.75) is 19.8 Å². The standard InChI is InChI=1S/C29H25N3O/c1-19-16-25(12-14-30-19)21-6-9-27(10-7-21)32-29(33)20(2)22-4-3-5-23(17-22)24-8-11-28-26(18-24)13-15-31-28/h3-18,20,31H,1-2H3,(H,32,33). The van der Waals surface area contributed by atoms with E-state index in [-0.39, 0.29) is 11.8 Å². The van der Waals surface area contributed by atoms with Crippen LogP contribution in [-0.4, -0.2) is 15.9 Å². The molecule has 1 atom stereocenters. The Bertz CT molecular complexity index is 1430. The molecule has 0 saturated carbocycles. The van der Waals surface area contributed by atoms with E-state index in [0.717, 1.165) is 44.7 Å². The monoisotopic (exact) mass is 431 g/mol. The molecule has 5 aromatic rings. The van der Waals surface area contributed by atoms with Crippen LogP contribution in [0.15, 0.2) is 97.3 Å². The first kappa shape index (κ1) is 20.7. The molecule has 0 spiro atoms. The highest BCUT2D eigenvalue weighted by Gasteiger charge is 2.16. The summed E-state index contributed by atoms with van der Waals surface area (Å²) in [4.78, 5) is 20.5. The summed E-state index contributed by atoms with van der Waals surface area (Å²) >= 11 is 0. The minimum absolute atomic E-state index is 0.0271. The second-order valence-electron chi connectivity index (χ2n) is 8.38. The van der Waals surface area contributed by atoms with Crippen molar-refractivity contribution in [3.63, 3.8) is 0 Å². The molecular formula is C29H25N3O. The zero-order chi connectivity index (χ0) is 22.8. The number of benzene rings is 3. The number of fused-ring (bicyclic) bond motifs is 1. The van der Waals surface area contributed by atoms with Gasteiger partial charge in [-0.1, -0.05) is 42.5 Å². The minimum atomic E-state index is -0.275. The number of amides is 1. The summed E-state index contributed by atoms with van der Waals surface area (Å²) < 4.78 is 0. The van der Waals surface area contributed by atoms with Gasteiger partial charge in [-0.25, -0.2) is 0 Å². The fourth-order valence-corrected chi connectivity index (χ4v) is 4.09. The van der Waals surface area contributed by atoms with E-state index in [1.54, 1.807) is 0 Å². The van der Waals surface area contributed by atoms with Crippen molar-refractivity contribution in [2.24, 2.45) is 0 Å². The molecule has 2 heterocycles. The zero-order valence-corrected chi connectivity index (χ0v) is 18.7. The number of carbonyl (C=O) groups is 1. The van der Waals surface area contributed by atoms with Crippen LogP contribution in [0.5, 0.6) is 0 Å². The number of aromatic nitrogens is 2. The lowest BCUT2D eigenvalue weighted by atomic mass is 9.95. The maximum atomic E-state index is 13.0. The lowest BCUT2D eigenvalue weighted by molar-refractivity contribution is -0.117. The lowest BCUT2D eigenvalue weighted by Crippen LogP contribution is -2.18. The highest BCUT2D eigenvalue weighted by molar-refractivity contribution is 5.96. The summed E-state index contributed by atoms with van der Waals surface area (Å²) in [5.74, 6) is -0.302. The van der Waals surface area contributed by atoms with Crippen LogP contribution in [-0.2, 0) is 4.79 Å². The number of nitrogens with one attached hydrogen (secondary N) is 2. The number of hydrogen-bond donors (Lipinski definition) is 2. The molecule has 5 rings (SSSR count). The zero-order valence-electron chi connectivity index (χ0n) is 18.7. The van der Waals surface area contributed by atoms with E-state index in [1.165, 1.54) is 5.39 Å². The molecule has 3 aromatic carbocycles. The highest BCUT2D eigenvalue weighted by atomic mass is 16.1. The van der Waals surface area contributed by atoms with Crippen LogP contribution >= 0.6 is 0 Å². The van der Waals surface area contributed by atoms with Gasteiger partial charge in [-0.2, -0.15) is 0 Å². The Balaban J connectivity index is 1.31. The molecule has 33 heavy (non-hydrogen) atoms. The molecule has 0 fully saturated rings. The highest BCUT2D eigenvalue weighted by Crippen LogP contribution is 2.28. The Morgan fingerprint density at radius 2 is 1.61 bits per heavy atom. The quantitative estimate of drug-likeness (QED) is 0.316. The van der Waals surface area contributed by atoms with Crippen molar-refractivity contribution in [3.8, 4) is 22.3 Å². The van der Waals surface area contributed by atoms with Gasteiger partial charge in [0.2, 0.25) is 5.91 Å². The molecule has 1 unspecified atom stereocenters. The Morgan fingerprint density at radius 3 is 2.42 bits per heavy atom. The predicted molar refractivity (Wildman–Crippen MR) is 135 cm³/mol. The molecule has 0 bridgehead atoms. The Kier molecular flexibility index (Phi) is 5.49. The second kappa shape index (κ2) is 8.75. The molecule has 162 valence electrons. The van der Waals surface area contributed by atoms with E-state index in [0.29, 0.717) is 0 Å². The van der Waals surface area contributed by atoms with Gasteiger partial charge < -0.3 is 10.3 Å². The summed E-state index contributed by atoms with van der Waals surface area (Å²) in [7, 11) is 0. The smallest absolute Gasteiger partial charge is 0.231 e. The van der Waals surface area contributed by atoms with Crippen LogP contribution in [0.25, 0.3) is 33.2 Å². The molecule has 0 aliphatic heterocycles. The van der Waals surface area contributed by atoms with E-state index in [9.17, 15) is 4.79 Å². The SMILES string of the molecule is Cc1cc(-c2ccc(NC(=O)C(C)c3cccc(-c4ccc5[nH]ccc5c4)c3)cc2)ccn1. The van der Waals surface area contributed by atoms with E-state index in [2.05, 4.69) is 57.7 Å². The third-order valence-corrected chi connectivity index (χ3v) is 6.05. The van der Waals surface area contributed by atoms with E-state index < -0.39 is 0 Å². The van der Waals surface area contributed by atoms with E-state index in [4.69, 9.17) is 0 Å². The van der Waals surface area contributed by atoms with Gasteiger partial charge in [0.1, 0.15) is 0 Å². The summed E-state index contributed by atoms with van der Waals surface area (Å²) in [6.45, 7) is 3.92. The summed E-state index contributed by atoms with van der Waals surface area (Å²) in [6, 6.07) is 28.6. The van der Waals surface area contributed by atoms with Crippen LogP contribution in [0.2, 0.25) is 0 Å². The number of carbonyl (C=O) groups excluding carboxylic acids is 1. The Labute approximate surface area is 193 Å². The maximum Gasteiger partial charge on any atom is 0.231 e. The average molecular weight is 432 g/mol. The van der Waals surface area contributed by atoms with Crippen molar-refractivity contribution in [2.75, 3.05) is 5.32 Å². The van der Waals surface area contributed by atoms with Gasteiger partial charge in [0.25, 0.3) is 0 Å². The molecule has 0 saturated heterocycles. The van der Waals surface area contributed by atoms with Crippen LogP contribution in [0, 0.1) is 6.92 Å². The third-order valence-electron chi connectivity index (χ3n) is 6.05. The van der Waals surface area contributed by atoms with Gasteiger partial charge in [0, 0.05) is 29.3 Å². The van der Waals surface area contributed by atoms with Gasteiger partial charge in [-0.3, -0.25) is 9.78 Å². The lowest BCUT2D eigenvalue weighted by Gasteiger charge is -2.14. The predicted octanol–water partition coefficient (Wildman–Crippen LogP) is 6.95. The number of rotatable bonds is 5. The Morgan fingerprint density at radius 1 is 0.848 bits per heavy atom. The number of nitrogens with zero attached hydrogens (tertiary/aromatic N) is 1. The number of pyridine rings is 1. The third kappa shape index (κ3) is 4.41. The number of H-pyrrole nitrogens is 1. The first-order valence-corrected chi connectivity index (χ1v) is 11.1. The first-order chi connectivity index (χ1) is 16.1. The van der Waals surface area contributed by atoms with Crippen LogP contribution in [0.4, 0.5) is 5.69 Å². The fraction of sp³-hybridized carbons (Fsp3) is 0.103. The molecule has 2 aromatic heterocycles. The van der Waals surface area contributed by atoms with Crippen molar-refractivity contribution in [3.05, 3.63) is 109 Å². The van der Waals surface area contributed by atoms with Gasteiger partial charge >= 0.3 is 0 Å². The van der Waals surface area contributed by atoms with Gasteiger partial charge in [-0.05, 0) is 89.5 Å². The molecule has 2 N–H and O–H groups in total. The Hall–Kier alpha value is -4.18. The topological polar surface area (TPSA) is 57.8 Å². The van der Waals surface area contributed by atoms with Gasteiger partial charge in [-0.15, -0.1) is 0 Å². The normalized spacial score (nSPS) is 11.9. The van der Waals surface area contributed by atoms with E-state index >= 15 is 0 Å². The molecule has 0 aliphatic carbocycles. The average Bonchev–Trinajstić information content (AvgIpc) is 3.32. The first-order valence-electron chi connectivity index (χ1n) is 11.1. The fourth-order valence-electron chi connectivity index (χ4n) is 4.09. The molecule has 0 aliphatic rings. The maximum absolute atomic E-state index is 13.0. The number of aryl methyl sites for hydroxylation is 1. The minimum Gasteiger partial charge on any atom is -0.361 e. The van der Waals surface area contributed by atoms with Crippen LogP contribution in [0.3, 0.4) is 0 Å².